The van der Waals surface area contributed by atoms with Crippen LogP contribution in [0.15, 0.2) is 47.4 Å². The Bertz CT molecular complexity index is 832. The number of ether oxygens (including phenoxy) is 1. The first-order chi connectivity index (χ1) is 11.4. The van der Waals surface area contributed by atoms with E-state index in [0.717, 1.165) is 18.4 Å². The van der Waals surface area contributed by atoms with Gasteiger partial charge in [0.1, 0.15) is 5.75 Å². The Hall–Kier alpha value is -2.61. The third-order valence-electron chi connectivity index (χ3n) is 3.41. The van der Waals surface area contributed by atoms with E-state index in [-0.39, 0.29) is 22.0 Å². The van der Waals surface area contributed by atoms with E-state index in [1.165, 1.54) is 37.4 Å². The normalized spacial score (nSPS) is 11.1. The van der Waals surface area contributed by atoms with Gasteiger partial charge >= 0.3 is 0 Å². The highest BCUT2D eigenvalue weighted by molar-refractivity contribution is 7.92. The minimum atomic E-state index is -3.81. The summed E-state index contributed by atoms with van der Waals surface area (Å²) in [4.78, 5) is 10.3. The lowest BCUT2D eigenvalue weighted by molar-refractivity contribution is -0.384. The molecule has 0 amide bonds. The molecule has 7 nitrogen and oxygen atoms in total. The first-order valence-corrected chi connectivity index (χ1v) is 8.80. The van der Waals surface area contributed by atoms with Gasteiger partial charge in [0.15, 0.2) is 0 Å². The third-order valence-corrected chi connectivity index (χ3v) is 4.79. The van der Waals surface area contributed by atoms with Crippen LogP contribution >= 0.6 is 0 Å². The SMILES string of the molecule is CCCc1ccc(S(=O)(=O)Nc2ccc([N+](=O)[O-])cc2OC)cc1. The monoisotopic (exact) mass is 350 g/mol. The van der Waals surface area contributed by atoms with E-state index in [4.69, 9.17) is 4.74 Å². The van der Waals surface area contributed by atoms with Crippen LogP contribution in [-0.4, -0.2) is 20.5 Å². The van der Waals surface area contributed by atoms with Crippen molar-refractivity contribution in [1.82, 2.24) is 0 Å². The number of sulfonamides is 1. The van der Waals surface area contributed by atoms with Gasteiger partial charge in [-0.1, -0.05) is 25.5 Å². The van der Waals surface area contributed by atoms with Gasteiger partial charge in [0.25, 0.3) is 15.7 Å². The van der Waals surface area contributed by atoms with Crippen LogP contribution in [0.2, 0.25) is 0 Å². The lowest BCUT2D eigenvalue weighted by Crippen LogP contribution is -2.13. The summed E-state index contributed by atoms with van der Waals surface area (Å²) in [6.45, 7) is 2.05. The van der Waals surface area contributed by atoms with Crippen LogP contribution in [0.4, 0.5) is 11.4 Å². The predicted molar refractivity (Wildman–Crippen MR) is 90.9 cm³/mol. The third kappa shape index (κ3) is 4.02. The lowest BCUT2D eigenvalue weighted by Gasteiger charge is -2.12. The molecule has 2 rings (SSSR count). The van der Waals surface area contributed by atoms with E-state index < -0.39 is 14.9 Å². The van der Waals surface area contributed by atoms with E-state index in [1.807, 2.05) is 6.92 Å². The molecular formula is C16H18N2O5S. The van der Waals surface area contributed by atoms with Gasteiger partial charge in [0.05, 0.1) is 28.7 Å². The Labute approximate surface area is 140 Å². The van der Waals surface area contributed by atoms with Gasteiger partial charge < -0.3 is 4.74 Å². The number of anilines is 1. The van der Waals surface area contributed by atoms with Gasteiger partial charge in [0, 0.05) is 6.07 Å². The van der Waals surface area contributed by atoms with Crippen molar-refractivity contribution in [2.45, 2.75) is 24.7 Å². The van der Waals surface area contributed by atoms with Crippen molar-refractivity contribution in [2.75, 3.05) is 11.8 Å². The standard InChI is InChI=1S/C16H18N2O5S/c1-3-4-12-5-8-14(9-6-12)24(21,22)17-15-10-7-13(18(19)20)11-16(15)23-2/h5-11,17H,3-4H2,1-2H3. The summed E-state index contributed by atoms with van der Waals surface area (Å²) in [5.41, 5.74) is 1.02. The first kappa shape index (κ1) is 17.7. The van der Waals surface area contributed by atoms with Gasteiger partial charge in [0.2, 0.25) is 0 Å². The van der Waals surface area contributed by atoms with Crippen molar-refractivity contribution in [3.63, 3.8) is 0 Å². The Balaban J connectivity index is 2.30. The van der Waals surface area contributed by atoms with Crippen LogP contribution in [0, 0.1) is 10.1 Å². The molecule has 0 radical (unpaired) electrons. The number of hydrogen-bond donors (Lipinski definition) is 1. The molecule has 2 aromatic carbocycles. The molecule has 0 saturated heterocycles. The van der Waals surface area contributed by atoms with Gasteiger partial charge in [-0.05, 0) is 30.2 Å². The number of nitrogens with one attached hydrogen (secondary N) is 1. The van der Waals surface area contributed by atoms with Crippen LogP contribution in [0.3, 0.4) is 0 Å². The summed E-state index contributed by atoms with van der Waals surface area (Å²) in [5.74, 6) is 0.0791. The molecule has 0 bridgehead atoms. The molecule has 0 atom stereocenters. The van der Waals surface area contributed by atoms with Crippen molar-refractivity contribution in [2.24, 2.45) is 0 Å². The van der Waals surface area contributed by atoms with Gasteiger partial charge in [-0.25, -0.2) is 8.42 Å². The molecule has 0 aromatic heterocycles. The summed E-state index contributed by atoms with van der Waals surface area (Å²) in [5, 5.41) is 10.8. The van der Waals surface area contributed by atoms with Crippen LogP contribution in [0.5, 0.6) is 5.75 Å². The second-order valence-electron chi connectivity index (χ2n) is 5.14. The molecule has 0 aliphatic carbocycles. The lowest BCUT2D eigenvalue weighted by atomic mass is 10.1. The van der Waals surface area contributed by atoms with Crippen LogP contribution < -0.4 is 9.46 Å². The number of benzene rings is 2. The second kappa shape index (κ2) is 7.31. The molecule has 0 fully saturated rings. The Morgan fingerprint density at radius 2 is 1.83 bits per heavy atom. The molecule has 0 aliphatic heterocycles. The molecule has 2 aromatic rings. The maximum Gasteiger partial charge on any atom is 0.273 e. The molecule has 0 unspecified atom stereocenters. The van der Waals surface area contributed by atoms with Gasteiger partial charge in [-0.15, -0.1) is 0 Å². The maximum atomic E-state index is 12.5. The molecular weight excluding hydrogens is 332 g/mol. The molecule has 0 heterocycles. The van der Waals surface area contributed by atoms with Gasteiger partial charge in [-0.2, -0.15) is 0 Å². The largest absolute Gasteiger partial charge is 0.494 e. The number of methoxy groups -OCH3 is 1. The number of aryl methyl sites for hydroxylation is 1. The number of nitro groups is 1. The zero-order chi connectivity index (χ0) is 17.7. The van der Waals surface area contributed by atoms with Crippen LogP contribution in [0.25, 0.3) is 0 Å². The molecule has 0 saturated carbocycles. The highest BCUT2D eigenvalue weighted by Crippen LogP contribution is 2.30. The average Bonchev–Trinajstić information content (AvgIpc) is 2.55. The van der Waals surface area contributed by atoms with Crippen molar-refractivity contribution in [3.8, 4) is 5.75 Å². The van der Waals surface area contributed by atoms with E-state index in [0.29, 0.717) is 0 Å². The predicted octanol–water partition coefficient (Wildman–Crippen LogP) is 3.36. The number of nitrogens with zero attached hydrogens (tertiary/aromatic N) is 1. The summed E-state index contributed by atoms with van der Waals surface area (Å²) in [6.07, 6.45) is 1.86. The maximum absolute atomic E-state index is 12.5. The summed E-state index contributed by atoms with van der Waals surface area (Å²) >= 11 is 0. The molecule has 0 spiro atoms. The Kier molecular flexibility index (Phi) is 5.40. The van der Waals surface area contributed by atoms with Crippen molar-refractivity contribution in [3.05, 3.63) is 58.1 Å². The fourth-order valence-corrected chi connectivity index (χ4v) is 3.28. The minimum Gasteiger partial charge on any atom is -0.494 e. The molecule has 8 heteroatoms. The van der Waals surface area contributed by atoms with Crippen LogP contribution in [-0.2, 0) is 16.4 Å². The number of rotatable bonds is 7. The zero-order valence-electron chi connectivity index (χ0n) is 13.4. The first-order valence-electron chi connectivity index (χ1n) is 7.31. The topological polar surface area (TPSA) is 98.5 Å². The summed E-state index contributed by atoms with van der Waals surface area (Å²) in [6, 6.07) is 10.3. The smallest absolute Gasteiger partial charge is 0.273 e. The van der Waals surface area contributed by atoms with Crippen molar-refractivity contribution >= 4 is 21.4 Å². The molecule has 0 aliphatic rings. The molecule has 1 N–H and O–H groups in total. The highest BCUT2D eigenvalue weighted by atomic mass is 32.2. The number of nitro benzene ring substituents is 1. The van der Waals surface area contributed by atoms with Crippen molar-refractivity contribution < 1.29 is 18.1 Å². The van der Waals surface area contributed by atoms with E-state index >= 15 is 0 Å². The fourth-order valence-electron chi connectivity index (χ4n) is 2.21. The number of hydrogen-bond acceptors (Lipinski definition) is 5. The zero-order valence-corrected chi connectivity index (χ0v) is 14.2. The van der Waals surface area contributed by atoms with Gasteiger partial charge in [-0.3, -0.25) is 14.8 Å². The van der Waals surface area contributed by atoms with Crippen LogP contribution in [0.1, 0.15) is 18.9 Å². The van der Waals surface area contributed by atoms with Crippen molar-refractivity contribution in [1.29, 1.82) is 0 Å². The van der Waals surface area contributed by atoms with E-state index in [9.17, 15) is 18.5 Å². The highest BCUT2D eigenvalue weighted by Gasteiger charge is 2.18. The summed E-state index contributed by atoms with van der Waals surface area (Å²) in [7, 11) is -2.49. The Morgan fingerprint density at radius 3 is 2.38 bits per heavy atom. The van der Waals surface area contributed by atoms with E-state index in [1.54, 1.807) is 12.1 Å². The number of non-ortho nitro benzene ring substituents is 1. The molecule has 128 valence electrons. The quantitative estimate of drug-likeness (QED) is 0.610. The average molecular weight is 350 g/mol. The summed E-state index contributed by atoms with van der Waals surface area (Å²) < 4.78 is 32.3. The minimum absolute atomic E-state index is 0.0791. The Morgan fingerprint density at radius 1 is 1.17 bits per heavy atom. The molecule has 24 heavy (non-hydrogen) atoms. The fraction of sp³-hybridized carbons (Fsp3) is 0.250. The second-order valence-corrected chi connectivity index (χ2v) is 6.82. The van der Waals surface area contributed by atoms with E-state index in [2.05, 4.69) is 4.72 Å².